The lowest BCUT2D eigenvalue weighted by molar-refractivity contribution is 0.509. The van der Waals surface area contributed by atoms with Crippen molar-refractivity contribution in [2.75, 3.05) is 11.5 Å². The zero-order valence-corrected chi connectivity index (χ0v) is 16.6. The summed E-state index contributed by atoms with van der Waals surface area (Å²) in [5.74, 6) is 2.36. The Morgan fingerprint density at radius 2 is 1.78 bits per heavy atom. The van der Waals surface area contributed by atoms with Gasteiger partial charge in [-0.05, 0) is 57.1 Å². The van der Waals surface area contributed by atoms with E-state index in [1.807, 2.05) is 41.7 Å². The highest BCUT2D eigenvalue weighted by molar-refractivity contribution is 8.17. The predicted molar refractivity (Wildman–Crippen MR) is 104 cm³/mol. The van der Waals surface area contributed by atoms with Crippen LogP contribution in [0.1, 0.15) is 39.2 Å². The fourth-order valence-electron chi connectivity index (χ4n) is 2.37. The van der Waals surface area contributed by atoms with Gasteiger partial charge in [-0.2, -0.15) is 0 Å². The second kappa shape index (κ2) is 8.28. The Hall–Kier alpha value is -0.170. The van der Waals surface area contributed by atoms with Gasteiger partial charge in [-0.15, -0.1) is 23.5 Å². The van der Waals surface area contributed by atoms with Crippen LogP contribution >= 0.6 is 23.5 Å². The van der Waals surface area contributed by atoms with Crippen molar-refractivity contribution in [3.63, 3.8) is 0 Å². The summed E-state index contributed by atoms with van der Waals surface area (Å²) in [5, 5.41) is 0. The van der Waals surface area contributed by atoms with Gasteiger partial charge in [0.15, 0.2) is 0 Å². The lowest BCUT2D eigenvalue weighted by Gasteiger charge is -2.29. The van der Waals surface area contributed by atoms with Crippen LogP contribution in [-0.4, -0.2) is 35.3 Å². The number of hydrogen-bond donors (Lipinski definition) is 1. The Kier molecular flexibility index (Phi) is 6.89. The summed E-state index contributed by atoms with van der Waals surface area (Å²) in [5.41, 5.74) is 1.18. The Balaban J connectivity index is 2.10. The molecule has 1 saturated heterocycles. The largest absolute Gasteiger partial charge is 0.216 e. The van der Waals surface area contributed by atoms with Crippen molar-refractivity contribution >= 4 is 33.5 Å². The van der Waals surface area contributed by atoms with Crippen LogP contribution in [-0.2, 0) is 16.4 Å². The average Bonchev–Trinajstić information content (AvgIpc) is 2.47. The van der Waals surface area contributed by atoms with Gasteiger partial charge in [-0.1, -0.05) is 30.3 Å². The maximum absolute atomic E-state index is 12.6. The third-order valence-corrected chi connectivity index (χ3v) is 9.08. The topological polar surface area (TPSA) is 46.2 Å². The van der Waals surface area contributed by atoms with Gasteiger partial charge in [-0.3, -0.25) is 0 Å². The Labute approximate surface area is 149 Å². The van der Waals surface area contributed by atoms with Gasteiger partial charge in [0.05, 0.1) is 9.33 Å². The summed E-state index contributed by atoms with van der Waals surface area (Å²) in [6.45, 7) is 5.25. The number of benzene rings is 1. The summed E-state index contributed by atoms with van der Waals surface area (Å²) < 4.78 is 27.8. The normalized spacial score (nSPS) is 18.7. The molecule has 0 aliphatic carbocycles. The minimum absolute atomic E-state index is 0.0512. The first-order valence-electron chi connectivity index (χ1n) is 8.07. The maximum Gasteiger partial charge on any atom is 0.216 e. The molecule has 0 amide bonds. The maximum atomic E-state index is 12.6. The predicted octanol–water partition coefficient (Wildman–Crippen LogP) is 3.90. The van der Waals surface area contributed by atoms with Gasteiger partial charge in [0.1, 0.15) is 0 Å². The van der Waals surface area contributed by atoms with Crippen LogP contribution in [0, 0.1) is 0 Å². The Bertz CT molecular complexity index is 576. The van der Waals surface area contributed by atoms with Crippen LogP contribution in [0.5, 0.6) is 0 Å². The van der Waals surface area contributed by atoms with Crippen LogP contribution in [0.25, 0.3) is 0 Å². The molecule has 0 bridgehead atoms. The molecule has 1 aromatic carbocycles. The molecular formula is C17H27NO2S3. The van der Waals surface area contributed by atoms with Crippen LogP contribution < -0.4 is 4.72 Å². The average molecular weight is 374 g/mol. The van der Waals surface area contributed by atoms with Crippen molar-refractivity contribution in [3.8, 4) is 0 Å². The van der Waals surface area contributed by atoms with E-state index in [4.69, 9.17) is 0 Å². The van der Waals surface area contributed by atoms with Crippen molar-refractivity contribution in [3.05, 3.63) is 35.9 Å². The number of thioether (sulfide) groups is 2. The summed E-state index contributed by atoms with van der Waals surface area (Å²) in [6, 6.07) is 10.1. The fraction of sp³-hybridized carbons (Fsp3) is 0.647. The van der Waals surface area contributed by atoms with E-state index < -0.39 is 14.8 Å². The van der Waals surface area contributed by atoms with Crippen molar-refractivity contribution in [1.29, 1.82) is 0 Å². The van der Waals surface area contributed by atoms with E-state index in [1.54, 1.807) is 20.8 Å². The zero-order valence-electron chi connectivity index (χ0n) is 14.1. The SMILES string of the molecule is CC(C)(C)S(=O)(=O)N[C@@H](Cc1ccccc1)CC1SCCCS1. The van der Waals surface area contributed by atoms with Gasteiger partial charge in [0.2, 0.25) is 10.0 Å². The molecular weight excluding hydrogens is 346 g/mol. The van der Waals surface area contributed by atoms with Gasteiger partial charge < -0.3 is 0 Å². The molecule has 1 N–H and O–H groups in total. The van der Waals surface area contributed by atoms with Crippen molar-refractivity contribution < 1.29 is 8.42 Å². The monoisotopic (exact) mass is 373 g/mol. The molecule has 1 aliphatic heterocycles. The molecule has 0 aromatic heterocycles. The molecule has 0 radical (unpaired) electrons. The third-order valence-electron chi connectivity index (χ3n) is 3.83. The first-order chi connectivity index (χ1) is 10.8. The molecule has 130 valence electrons. The van der Waals surface area contributed by atoms with Crippen LogP contribution in [0.3, 0.4) is 0 Å². The summed E-state index contributed by atoms with van der Waals surface area (Å²) in [4.78, 5) is 0. The van der Waals surface area contributed by atoms with E-state index in [0.717, 1.165) is 12.8 Å². The third kappa shape index (κ3) is 6.00. The number of nitrogens with one attached hydrogen (secondary N) is 1. The summed E-state index contributed by atoms with van der Waals surface area (Å²) >= 11 is 3.93. The van der Waals surface area contributed by atoms with Crippen LogP contribution in [0.4, 0.5) is 0 Å². The van der Waals surface area contributed by atoms with E-state index in [9.17, 15) is 8.42 Å². The Morgan fingerprint density at radius 3 is 2.35 bits per heavy atom. The van der Waals surface area contributed by atoms with Crippen LogP contribution in [0.15, 0.2) is 30.3 Å². The van der Waals surface area contributed by atoms with E-state index >= 15 is 0 Å². The highest BCUT2D eigenvalue weighted by Gasteiger charge is 2.32. The van der Waals surface area contributed by atoms with Gasteiger partial charge in [0, 0.05) is 6.04 Å². The second-order valence-electron chi connectivity index (χ2n) is 6.88. The number of rotatable bonds is 6. The molecule has 0 spiro atoms. The first kappa shape index (κ1) is 19.2. The highest BCUT2D eigenvalue weighted by atomic mass is 32.2. The van der Waals surface area contributed by atoms with E-state index in [1.165, 1.54) is 23.5 Å². The molecule has 1 atom stereocenters. The van der Waals surface area contributed by atoms with Crippen LogP contribution in [0.2, 0.25) is 0 Å². The van der Waals surface area contributed by atoms with E-state index in [0.29, 0.717) is 4.58 Å². The molecule has 2 rings (SSSR count). The molecule has 1 heterocycles. The molecule has 1 aliphatic rings. The smallest absolute Gasteiger partial charge is 0.212 e. The molecule has 23 heavy (non-hydrogen) atoms. The fourth-order valence-corrected chi connectivity index (χ4v) is 6.37. The second-order valence-corrected chi connectivity index (χ2v) is 12.3. The van der Waals surface area contributed by atoms with Crippen molar-refractivity contribution in [2.45, 2.75) is 55.4 Å². The first-order valence-corrected chi connectivity index (χ1v) is 11.6. The lowest BCUT2D eigenvalue weighted by atomic mass is 10.1. The molecule has 1 aromatic rings. The zero-order chi connectivity index (χ0) is 16.9. The van der Waals surface area contributed by atoms with Gasteiger partial charge >= 0.3 is 0 Å². The molecule has 0 saturated carbocycles. The van der Waals surface area contributed by atoms with E-state index in [-0.39, 0.29) is 6.04 Å². The minimum atomic E-state index is -3.34. The standard InChI is InChI=1S/C17H27NO2S3/c1-17(2,3)23(19,20)18-15(12-14-8-5-4-6-9-14)13-16-21-10-7-11-22-16/h4-6,8-9,15-16,18H,7,10-13H2,1-3H3/t15-/m0/s1. The van der Waals surface area contributed by atoms with Crippen molar-refractivity contribution in [2.24, 2.45) is 0 Å². The van der Waals surface area contributed by atoms with Gasteiger partial charge in [0.25, 0.3) is 0 Å². The quantitative estimate of drug-likeness (QED) is 0.821. The summed E-state index contributed by atoms with van der Waals surface area (Å²) in [6.07, 6.45) is 2.87. The number of sulfonamides is 1. The van der Waals surface area contributed by atoms with E-state index in [2.05, 4.69) is 16.9 Å². The number of hydrogen-bond acceptors (Lipinski definition) is 4. The molecule has 1 fully saturated rings. The highest BCUT2D eigenvalue weighted by Crippen LogP contribution is 2.34. The van der Waals surface area contributed by atoms with Gasteiger partial charge in [-0.25, -0.2) is 13.1 Å². The Morgan fingerprint density at radius 1 is 1.17 bits per heavy atom. The molecule has 0 unspecified atom stereocenters. The minimum Gasteiger partial charge on any atom is -0.212 e. The molecule has 6 heteroatoms. The lowest BCUT2D eigenvalue weighted by Crippen LogP contribution is -2.46. The summed E-state index contributed by atoms with van der Waals surface area (Å²) in [7, 11) is -3.34. The van der Waals surface area contributed by atoms with Crippen molar-refractivity contribution in [1.82, 2.24) is 4.72 Å². The molecule has 3 nitrogen and oxygen atoms in total.